The Balaban J connectivity index is 2.26. The predicted molar refractivity (Wildman–Crippen MR) is 77.9 cm³/mol. The third-order valence-electron chi connectivity index (χ3n) is 3.12. The van der Waals surface area contributed by atoms with E-state index < -0.39 is 0 Å². The van der Waals surface area contributed by atoms with Crippen molar-refractivity contribution in [3.63, 3.8) is 0 Å². The van der Waals surface area contributed by atoms with Crippen LogP contribution in [0, 0.1) is 0 Å². The summed E-state index contributed by atoms with van der Waals surface area (Å²) in [5.41, 5.74) is 1.03. The van der Waals surface area contributed by atoms with Crippen LogP contribution in [0.15, 0.2) is 47.7 Å². The lowest BCUT2D eigenvalue weighted by atomic mass is 10.1. The molecule has 0 fully saturated rings. The van der Waals surface area contributed by atoms with E-state index in [0.717, 1.165) is 17.9 Å². The molecule has 1 heterocycles. The number of aromatic nitrogens is 2. The number of rotatable bonds is 6. The van der Waals surface area contributed by atoms with Crippen LogP contribution < -0.4 is 15.6 Å². The zero-order chi connectivity index (χ0) is 14.4. The average molecular weight is 273 g/mol. The highest BCUT2D eigenvalue weighted by Gasteiger charge is 2.12. The summed E-state index contributed by atoms with van der Waals surface area (Å²) in [4.78, 5) is 15.8. The Morgan fingerprint density at radius 3 is 2.95 bits per heavy atom. The fourth-order valence-electron chi connectivity index (χ4n) is 2.10. The first kappa shape index (κ1) is 14.3. The lowest BCUT2D eigenvalue weighted by molar-refractivity contribution is 0.410. The van der Waals surface area contributed by atoms with Crippen LogP contribution in [0.3, 0.4) is 0 Å². The number of nitrogens with zero attached hydrogens (tertiary/aromatic N) is 2. The number of methoxy groups -OCH3 is 1. The van der Waals surface area contributed by atoms with Gasteiger partial charge in [0, 0.05) is 18.8 Å². The maximum absolute atomic E-state index is 11.8. The summed E-state index contributed by atoms with van der Waals surface area (Å²) in [6.45, 7) is 3.39. The van der Waals surface area contributed by atoms with Crippen LogP contribution in [0.25, 0.3) is 0 Å². The van der Waals surface area contributed by atoms with Crippen molar-refractivity contribution in [3.05, 3.63) is 58.8 Å². The molecule has 0 aliphatic carbocycles. The minimum atomic E-state index is -0.0502. The first-order chi connectivity index (χ1) is 9.74. The van der Waals surface area contributed by atoms with E-state index in [9.17, 15) is 4.79 Å². The maximum Gasteiger partial charge on any atom is 0.253 e. The average Bonchev–Trinajstić information content (AvgIpc) is 2.49. The van der Waals surface area contributed by atoms with Gasteiger partial charge in [-0.1, -0.05) is 19.1 Å². The lowest BCUT2D eigenvalue weighted by Gasteiger charge is -2.19. The van der Waals surface area contributed by atoms with Crippen molar-refractivity contribution in [1.82, 2.24) is 14.9 Å². The minimum Gasteiger partial charge on any atom is -0.497 e. The van der Waals surface area contributed by atoms with E-state index in [0.29, 0.717) is 6.54 Å². The molecule has 1 aromatic carbocycles. The van der Waals surface area contributed by atoms with Gasteiger partial charge >= 0.3 is 0 Å². The Morgan fingerprint density at radius 2 is 2.25 bits per heavy atom. The fourth-order valence-corrected chi connectivity index (χ4v) is 2.10. The van der Waals surface area contributed by atoms with Crippen molar-refractivity contribution in [2.45, 2.75) is 19.5 Å². The molecule has 0 aliphatic heterocycles. The SMILES string of the molecule is CCNC(Cn1cnccc1=O)c1cccc(OC)c1. The van der Waals surface area contributed by atoms with E-state index in [1.165, 1.54) is 12.3 Å². The van der Waals surface area contributed by atoms with Gasteiger partial charge in [0.15, 0.2) is 0 Å². The Kier molecular flexibility index (Phi) is 4.90. The van der Waals surface area contributed by atoms with Crippen molar-refractivity contribution >= 4 is 0 Å². The molecule has 0 saturated carbocycles. The second-order valence-electron chi connectivity index (χ2n) is 4.46. The van der Waals surface area contributed by atoms with Gasteiger partial charge < -0.3 is 10.1 Å². The molecular formula is C15H19N3O2. The number of nitrogens with one attached hydrogen (secondary N) is 1. The molecule has 0 spiro atoms. The van der Waals surface area contributed by atoms with E-state index in [2.05, 4.69) is 10.3 Å². The van der Waals surface area contributed by atoms with Crippen molar-refractivity contribution in [2.75, 3.05) is 13.7 Å². The number of hydrogen-bond acceptors (Lipinski definition) is 4. The molecular weight excluding hydrogens is 254 g/mol. The maximum atomic E-state index is 11.8. The van der Waals surface area contributed by atoms with E-state index >= 15 is 0 Å². The summed E-state index contributed by atoms with van der Waals surface area (Å²) in [5, 5.41) is 3.38. The molecule has 5 nitrogen and oxygen atoms in total. The quantitative estimate of drug-likeness (QED) is 0.868. The van der Waals surface area contributed by atoms with Gasteiger partial charge in [-0.15, -0.1) is 0 Å². The molecule has 1 N–H and O–H groups in total. The molecule has 1 atom stereocenters. The molecule has 1 unspecified atom stereocenters. The zero-order valence-corrected chi connectivity index (χ0v) is 11.7. The van der Waals surface area contributed by atoms with Crippen molar-refractivity contribution in [3.8, 4) is 5.75 Å². The smallest absolute Gasteiger partial charge is 0.253 e. The summed E-state index contributed by atoms with van der Waals surface area (Å²) >= 11 is 0. The highest BCUT2D eigenvalue weighted by molar-refractivity contribution is 5.30. The monoisotopic (exact) mass is 273 g/mol. The summed E-state index contributed by atoms with van der Waals surface area (Å²) < 4.78 is 6.85. The molecule has 0 bridgehead atoms. The second-order valence-corrected chi connectivity index (χ2v) is 4.46. The van der Waals surface area contributed by atoms with Crippen LogP contribution in [0.2, 0.25) is 0 Å². The van der Waals surface area contributed by atoms with Gasteiger partial charge in [0.25, 0.3) is 5.56 Å². The highest BCUT2D eigenvalue weighted by atomic mass is 16.5. The Labute approximate surface area is 118 Å². The lowest BCUT2D eigenvalue weighted by Crippen LogP contribution is -2.30. The fraction of sp³-hybridized carbons (Fsp3) is 0.333. The van der Waals surface area contributed by atoms with Crippen LogP contribution in [0.1, 0.15) is 18.5 Å². The van der Waals surface area contributed by atoms with Crippen LogP contribution in [0.5, 0.6) is 5.75 Å². The van der Waals surface area contributed by atoms with E-state index in [1.807, 2.05) is 31.2 Å². The van der Waals surface area contributed by atoms with Crippen molar-refractivity contribution < 1.29 is 4.74 Å². The topological polar surface area (TPSA) is 56.2 Å². The van der Waals surface area contributed by atoms with Gasteiger partial charge in [-0.2, -0.15) is 0 Å². The van der Waals surface area contributed by atoms with E-state index in [4.69, 9.17) is 4.74 Å². The van der Waals surface area contributed by atoms with Gasteiger partial charge in [-0.3, -0.25) is 9.36 Å². The Morgan fingerprint density at radius 1 is 1.40 bits per heavy atom. The van der Waals surface area contributed by atoms with Crippen molar-refractivity contribution in [1.29, 1.82) is 0 Å². The molecule has 20 heavy (non-hydrogen) atoms. The van der Waals surface area contributed by atoms with Gasteiger partial charge in [0.1, 0.15) is 5.75 Å². The second kappa shape index (κ2) is 6.86. The molecule has 5 heteroatoms. The Hall–Kier alpha value is -2.14. The van der Waals surface area contributed by atoms with Crippen LogP contribution in [-0.4, -0.2) is 23.2 Å². The molecule has 0 aliphatic rings. The minimum absolute atomic E-state index is 0.0389. The summed E-state index contributed by atoms with van der Waals surface area (Å²) in [7, 11) is 1.65. The third-order valence-corrected chi connectivity index (χ3v) is 3.12. The number of likely N-dealkylation sites (N-methyl/N-ethyl adjacent to an activating group) is 1. The normalized spacial score (nSPS) is 12.1. The Bertz CT molecular complexity index is 610. The standard InChI is InChI=1S/C15H19N3O2/c1-3-17-14(10-18-11-16-8-7-15(18)19)12-5-4-6-13(9-12)20-2/h4-9,11,14,17H,3,10H2,1-2H3. The molecule has 0 radical (unpaired) electrons. The van der Waals surface area contributed by atoms with Crippen molar-refractivity contribution in [2.24, 2.45) is 0 Å². The van der Waals surface area contributed by atoms with E-state index in [1.54, 1.807) is 18.0 Å². The predicted octanol–water partition coefficient (Wildman–Crippen LogP) is 1.60. The first-order valence-corrected chi connectivity index (χ1v) is 6.62. The highest BCUT2D eigenvalue weighted by Crippen LogP contribution is 2.20. The molecule has 0 saturated heterocycles. The number of ether oxygens (including phenoxy) is 1. The number of hydrogen-bond donors (Lipinski definition) is 1. The summed E-state index contributed by atoms with van der Waals surface area (Å²) in [5.74, 6) is 0.809. The molecule has 2 aromatic rings. The van der Waals surface area contributed by atoms with Gasteiger partial charge in [-0.25, -0.2) is 4.98 Å². The summed E-state index contributed by atoms with van der Waals surface area (Å²) in [6.07, 6.45) is 3.07. The van der Waals surface area contributed by atoms with Crippen LogP contribution in [-0.2, 0) is 6.54 Å². The molecule has 2 rings (SSSR count). The van der Waals surface area contributed by atoms with Gasteiger partial charge in [-0.05, 0) is 24.2 Å². The largest absolute Gasteiger partial charge is 0.497 e. The first-order valence-electron chi connectivity index (χ1n) is 6.62. The third kappa shape index (κ3) is 3.45. The number of benzene rings is 1. The zero-order valence-electron chi connectivity index (χ0n) is 11.7. The molecule has 0 amide bonds. The van der Waals surface area contributed by atoms with Crippen LogP contribution >= 0.6 is 0 Å². The van der Waals surface area contributed by atoms with Gasteiger partial charge in [0.05, 0.1) is 19.5 Å². The molecule has 1 aromatic heterocycles. The molecule has 106 valence electrons. The van der Waals surface area contributed by atoms with E-state index in [-0.39, 0.29) is 11.6 Å². The van der Waals surface area contributed by atoms with Crippen LogP contribution in [0.4, 0.5) is 0 Å². The van der Waals surface area contributed by atoms with Gasteiger partial charge in [0.2, 0.25) is 0 Å². The summed E-state index contributed by atoms with van der Waals surface area (Å²) in [6, 6.07) is 9.37.